The number of amides is 2. The first-order valence-corrected chi connectivity index (χ1v) is 13.1. The summed E-state index contributed by atoms with van der Waals surface area (Å²) in [5, 5.41) is 0. The summed E-state index contributed by atoms with van der Waals surface area (Å²) in [4.78, 5) is 33.4. The number of piperidine rings is 3. The summed E-state index contributed by atoms with van der Waals surface area (Å²) in [5.41, 5.74) is 0. The van der Waals surface area contributed by atoms with Gasteiger partial charge in [-0.2, -0.15) is 0 Å². The van der Waals surface area contributed by atoms with Crippen LogP contribution in [0.1, 0.15) is 70.6 Å². The molecule has 31 heavy (non-hydrogen) atoms. The van der Waals surface area contributed by atoms with Crippen LogP contribution in [0.2, 0.25) is 0 Å². The molecular formula is C25H41N3O3. The summed E-state index contributed by atoms with van der Waals surface area (Å²) in [5.74, 6) is 2.25. The summed E-state index contributed by atoms with van der Waals surface area (Å²) >= 11 is 0. The molecule has 2 amide bonds. The molecule has 0 radical (unpaired) electrons. The number of carbonyl (C=O) groups is 2. The Morgan fingerprint density at radius 3 is 2.39 bits per heavy atom. The van der Waals surface area contributed by atoms with Crippen molar-refractivity contribution in [2.75, 3.05) is 45.9 Å². The Labute approximate surface area is 187 Å². The smallest absolute Gasteiger partial charge is 0.225 e. The predicted molar refractivity (Wildman–Crippen MR) is 120 cm³/mol. The molecular weight excluding hydrogens is 390 g/mol. The zero-order valence-electron chi connectivity index (χ0n) is 19.2. The highest BCUT2D eigenvalue weighted by molar-refractivity contribution is 5.79. The number of hydrogen-bond acceptors (Lipinski definition) is 4. The summed E-state index contributed by atoms with van der Waals surface area (Å²) < 4.78 is 5.39. The van der Waals surface area contributed by atoms with Gasteiger partial charge in [-0.25, -0.2) is 0 Å². The van der Waals surface area contributed by atoms with E-state index in [1.807, 2.05) is 4.90 Å². The lowest BCUT2D eigenvalue weighted by atomic mass is 9.68. The molecule has 0 aromatic rings. The molecule has 5 aliphatic rings. The number of ether oxygens (including phenoxy) is 1. The van der Waals surface area contributed by atoms with E-state index >= 15 is 0 Å². The zero-order valence-corrected chi connectivity index (χ0v) is 19.2. The fourth-order valence-corrected chi connectivity index (χ4v) is 7.46. The van der Waals surface area contributed by atoms with Crippen LogP contribution >= 0.6 is 0 Å². The van der Waals surface area contributed by atoms with Crippen LogP contribution in [0.3, 0.4) is 0 Å². The minimum atomic E-state index is 0.261. The normalized spacial score (nSPS) is 34.6. The van der Waals surface area contributed by atoms with Gasteiger partial charge in [-0.05, 0) is 76.3 Å². The SMILES string of the molecule is O=C(CCC[C@@H]1[C@H]2CCCN3CCC[C@@H](CN1C(=O)C1CCCC1)[C@@H]23)N1CCOCC1. The van der Waals surface area contributed by atoms with Gasteiger partial charge >= 0.3 is 0 Å². The fraction of sp³-hybridized carbons (Fsp3) is 0.920. The predicted octanol–water partition coefficient (Wildman–Crippen LogP) is 2.91. The molecule has 0 spiro atoms. The van der Waals surface area contributed by atoms with Crippen LogP contribution in [-0.4, -0.2) is 84.5 Å². The number of morpholine rings is 1. The molecule has 5 rings (SSSR count). The van der Waals surface area contributed by atoms with E-state index in [1.165, 1.54) is 51.6 Å². The van der Waals surface area contributed by atoms with Crippen molar-refractivity contribution < 1.29 is 14.3 Å². The molecule has 4 atom stereocenters. The third-order valence-electron chi connectivity index (χ3n) is 8.91. The lowest BCUT2D eigenvalue weighted by Crippen LogP contribution is -2.66. The second-order valence-corrected chi connectivity index (χ2v) is 10.7. The van der Waals surface area contributed by atoms with Crippen LogP contribution in [-0.2, 0) is 14.3 Å². The van der Waals surface area contributed by atoms with E-state index in [0.29, 0.717) is 49.5 Å². The van der Waals surface area contributed by atoms with Crippen molar-refractivity contribution in [3.8, 4) is 0 Å². The standard InChI is InChI=1S/C25H41N3O3/c29-23(26-14-16-31-17-15-26)11-3-10-22-21-9-5-13-27-12-4-8-20(24(21)27)18-28(22)25(30)19-6-1-2-7-19/h19-22,24H,1-18H2/t20-,21+,22+,24-/m0/s1. The van der Waals surface area contributed by atoms with Gasteiger partial charge in [0.05, 0.1) is 13.2 Å². The van der Waals surface area contributed by atoms with Gasteiger partial charge in [-0.1, -0.05) is 12.8 Å². The lowest BCUT2D eigenvalue weighted by Gasteiger charge is -2.58. The third-order valence-corrected chi connectivity index (χ3v) is 8.91. The molecule has 0 aromatic heterocycles. The zero-order chi connectivity index (χ0) is 21.2. The molecule has 4 saturated heterocycles. The Morgan fingerprint density at radius 2 is 1.61 bits per heavy atom. The van der Waals surface area contributed by atoms with Crippen molar-refractivity contribution in [2.24, 2.45) is 17.8 Å². The third kappa shape index (κ3) is 4.52. The maximum Gasteiger partial charge on any atom is 0.225 e. The van der Waals surface area contributed by atoms with Gasteiger partial charge in [-0.3, -0.25) is 14.5 Å². The Morgan fingerprint density at radius 1 is 0.871 bits per heavy atom. The van der Waals surface area contributed by atoms with Gasteiger partial charge in [0.1, 0.15) is 0 Å². The van der Waals surface area contributed by atoms with Gasteiger partial charge in [0.2, 0.25) is 11.8 Å². The van der Waals surface area contributed by atoms with Crippen LogP contribution in [0, 0.1) is 17.8 Å². The van der Waals surface area contributed by atoms with Crippen molar-refractivity contribution in [1.29, 1.82) is 0 Å². The molecule has 0 aromatic carbocycles. The monoisotopic (exact) mass is 431 g/mol. The highest BCUT2D eigenvalue weighted by atomic mass is 16.5. The molecule has 1 saturated carbocycles. The van der Waals surface area contributed by atoms with Crippen LogP contribution in [0.5, 0.6) is 0 Å². The number of rotatable bonds is 5. The average Bonchev–Trinajstić information content (AvgIpc) is 3.35. The molecule has 0 N–H and O–H groups in total. The molecule has 174 valence electrons. The van der Waals surface area contributed by atoms with E-state index in [4.69, 9.17) is 4.74 Å². The van der Waals surface area contributed by atoms with Crippen molar-refractivity contribution in [2.45, 2.75) is 82.7 Å². The van der Waals surface area contributed by atoms with Crippen LogP contribution < -0.4 is 0 Å². The molecule has 1 aliphatic carbocycles. The van der Waals surface area contributed by atoms with Crippen molar-refractivity contribution in [3.05, 3.63) is 0 Å². The maximum absolute atomic E-state index is 13.6. The highest BCUT2D eigenvalue weighted by Gasteiger charge is 2.50. The molecule has 0 unspecified atom stereocenters. The first-order chi connectivity index (χ1) is 15.2. The van der Waals surface area contributed by atoms with Crippen molar-refractivity contribution in [3.63, 3.8) is 0 Å². The van der Waals surface area contributed by atoms with E-state index in [1.54, 1.807) is 0 Å². The number of likely N-dealkylation sites (tertiary alicyclic amines) is 1. The maximum atomic E-state index is 13.6. The second-order valence-electron chi connectivity index (χ2n) is 10.7. The van der Waals surface area contributed by atoms with Crippen molar-refractivity contribution >= 4 is 11.8 Å². The van der Waals surface area contributed by atoms with E-state index in [2.05, 4.69) is 9.80 Å². The Kier molecular flexibility index (Phi) is 6.84. The highest BCUT2D eigenvalue weighted by Crippen LogP contribution is 2.44. The fourth-order valence-electron chi connectivity index (χ4n) is 7.46. The Balaban J connectivity index is 1.28. The molecule has 0 bridgehead atoms. The Hall–Kier alpha value is -1.14. The van der Waals surface area contributed by atoms with E-state index in [9.17, 15) is 9.59 Å². The number of hydrogen-bond donors (Lipinski definition) is 0. The quantitative estimate of drug-likeness (QED) is 0.672. The van der Waals surface area contributed by atoms with Crippen molar-refractivity contribution in [1.82, 2.24) is 14.7 Å². The first kappa shape index (κ1) is 21.7. The van der Waals surface area contributed by atoms with Gasteiger partial charge in [-0.15, -0.1) is 0 Å². The Bertz CT molecular complexity index is 642. The van der Waals surface area contributed by atoms with E-state index in [-0.39, 0.29) is 11.8 Å². The second kappa shape index (κ2) is 9.78. The summed E-state index contributed by atoms with van der Waals surface area (Å²) in [6, 6.07) is 1.02. The molecule has 6 nitrogen and oxygen atoms in total. The topological polar surface area (TPSA) is 53.1 Å². The average molecular weight is 432 g/mol. The largest absolute Gasteiger partial charge is 0.378 e. The summed E-state index contributed by atoms with van der Waals surface area (Å²) in [6.45, 7) is 6.26. The van der Waals surface area contributed by atoms with Gasteiger partial charge in [0.25, 0.3) is 0 Å². The van der Waals surface area contributed by atoms with Gasteiger partial charge in [0.15, 0.2) is 0 Å². The van der Waals surface area contributed by atoms with Gasteiger partial charge in [0, 0.05) is 44.1 Å². The van der Waals surface area contributed by atoms with Crippen LogP contribution in [0.15, 0.2) is 0 Å². The van der Waals surface area contributed by atoms with Crippen LogP contribution in [0.25, 0.3) is 0 Å². The minimum Gasteiger partial charge on any atom is -0.378 e. The molecule has 6 heteroatoms. The number of nitrogens with zero attached hydrogens (tertiary/aromatic N) is 3. The van der Waals surface area contributed by atoms with E-state index < -0.39 is 0 Å². The van der Waals surface area contributed by atoms with Crippen LogP contribution in [0.4, 0.5) is 0 Å². The molecule has 5 fully saturated rings. The lowest BCUT2D eigenvalue weighted by molar-refractivity contribution is -0.150. The summed E-state index contributed by atoms with van der Waals surface area (Å²) in [7, 11) is 0. The molecule has 4 heterocycles. The van der Waals surface area contributed by atoms with E-state index in [0.717, 1.165) is 45.3 Å². The summed E-state index contributed by atoms with van der Waals surface area (Å²) in [6.07, 6.45) is 12.2. The molecule has 4 aliphatic heterocycles. The van der Waals surface area contributed by atoms with Gasteiger partial charge < -0.3 is 14.5 Å². The number of carbonyl (C=O) groups excluding carboxylic acids is 2. The minimum absolute atomic E-state index is 0.261. The first-order valence-electron chi connectivity index (χ1n) is 13.1.